The molecule has 6 nitrogen and oxygen atoms in total. The minimum atomic E-state index is -4.02. The molecule has 1 aliphatic heterocycles. The van der Waals surface area contributed by atoms with E-state index in [-0.39, 0.29) is 11.4 Å². The van der Waals surface area contributed by atoms with Crippen LogP contribution in [0, 0.1) is 0 Å². The van der Waals surface area contributed by atoms with Crippen molar-refractivity contribution >= 4 is 44.4 Å². The second-order valence-corrected chi connectivity index (χ2v) is 9.54. The Kier molecular flexibility index (Phi) is 5.40. The number of allylic oxidation sites excluding steroid dienone is 1. The summed E-state index contributed by atoms with van der Waals surface area (Å²) in [6.07, 6.45) is 4.61. The van der Waals surface area contributed by atoms with Crippen molar-refractivity contribution in [3.63, 3.8) is 0 Å². The van der Waals surface area contributed by atoms with E-state index in [0.717, 1.165) is 11.1 Å². The minimum absolute atomic E-state index is 0.108. The lowest BCUT2D eigenvalue weighted by molar-refractivity contribution is 0.104. The van der Waals surface area contributed by atoms with E-state index in [1.807, 2.05) is 6.07 Å². The van der Waals surface area contributed by atoms with Gasteiger partial charge in [-0.3, -0.25) is 14.1 Å². The molecule has 0 saturated carbocycles. The van der Waals surface area contributed by atoms with Gasteiger partial charge in [0.15, 0.2) is 4.91 Å². The van der Waals surface area contributed by atoms with Crippen molar-refractivity contribution in [1.82, 2.24) is 10.3 Å². The fourth-order valence-corrected chi connectivity index (χ4v) is 5.61. The molecule has 3 aromatic rings. The summed E-state index contributed by atoms with van der Waals surface area (Å²) in [6, 6.07) is 12.3. The number of carbonyl (C=O) groups is 1. The number of aromatic nitrogens is 1. The third-order valence-electron chi connectivity index (χ3n) is 4.41. The number of fused-ring (bicyclic) bond motifs is 1. The molecule has 1 N–H and O–H groups in total. The first-order valence-electron chi connectivity index (χ1n) is 8.68. The second-order valence-electron chi connectivity index (χ2n) is 6.35. The third-order valence-corrected chi connectivity index (χ3v) is 7.33. The van der Waals surface area contributed by atoms with E-state index < -0.39 is 15.8 Å². The Bertz CT molecular complexity index is 1170. The molecule has 4 rings (SSSR count). The quantitative estimate of drug-likeness (QED) is 0.601. The van der Waals surface area contributed by atoms with Gasteiger partial charge in [-0.25, -0.2) is 8.42 Å². The highest BCUT2D eigenvalue weighted by Crippen LogP contribution is 2.39. The lowest BCUT2D eigenvalue weighted by Gasteiger charge is -2.29. The molecule has 0 bridgehead atoms. The Morgan fingerprint density at radius 1 is 1.14 bits per heavy atom. The molecule has 0 fully saturated rings. The summed E-state index contributed by atoms with van der Waals surface area (Å²) in [5, 5.41) is 5.22. The molecule has 0 amide bonds. The molecule has 2 aromatic heterocycles. The van der Waals surface area contributed by atoms with Crippen LogP contribution in [0.3, 0.4) is 0 Å². The number of hydrogen-bond donors (Lipinski definition) is 1. The van der Waals surface area contributed by atoms with Gasteiger partial charge in [0, 0.05) is 30.2 Å². The Morgan fingerprint density at radius 2 is 1.93 bits per heavy atom. The number of nitrogens with zero attached hydrogens (tertiary/aromatic N) is 2. The van der Waals surface area contributed by atoms with Crippen molar-refractivity contribution in [3.05, 3.63) is 92.4 Å². The summed E-state index contributed by atoms with van der Waals surface area (Å²) in [4.78, 5) is 17.0. The number of thiophene rings is 1. The average Bonchev–Trinajstić information content (AvgIpc) is 3.20. The molecule has 1 aliphatic rings. The molecule has 0 saturated heterocycles. The molecular weight excluding hydrogens is 430 g/mol. The van der Waals surface area contributed by atoms with Crippen molar-refractivity contribution in [3.8, 4) is 0 Å². The van der Waals surface area contributed by atoms with Gasteiger partial charge in [0.05, 0.1) is 12.2 Å². The fourth-order valence-electron chi connectivity index (χ4n) is 2.98. The number of ketones is 1. The Labute approximate surface area is 177 Å². The van der Waals surface area contributed by atoms with Crippen LogP contribution in [-0.4, -0.2) is 19.2 Å². The van der Waals surface area contributed by atoms with Crippen LogP contribution in [0.5, 0.6) is 0 Å². The maximum absolute atomic E-state index is 13.3. The van der Waals surface area contributed by atoms with Crippen LogP contribution in [0.1, 0.15) is 20.8 Å². The number of nitrogens with one attached hydrogen (secondary N) is 1. The van der Waals surface area contributed by atoms with Crippen LogP contribution >= 0.6 is 22.9 Å². The van der Waals surface area contributed by atoms with E-state index in [1.165, 1.54) is 21.8 Å². The second kappa shape index (κ2) is 7.98. The number of benzene rings is 1. The largest absolute Gasteiger partial charge is 0.386 e. The van der Waals surface area contributed by atoms with Gasteiger partial charge in [0.1, 0.15) is 4.88 Å². The Balaban J connectivity index is 1.67. The van der Waals surface area contributed by atoms with Gasteiger partial charge in [-0.2, -0.15) is 0 Å². The van der Waals surface area contributed by atoms with E-state index >= 15 is 0 Å². The van der Waals surface area contributed by atoms with Gasteiger partial charge < -0.3 is 5.32 Å². The molecule has 0 unspecified atom stereocenters. The lowest BCUT2D eigenvalue weighted by atomic mass is 10.2. The topological polar surface area (TPSA) is 79.4 Å². The van der Waals surface area contributed by atoms with E-state index in [4.69, 9.17) is 11.6 Å². The zero-order valence-corrected chi connectivity index (χ0v) is 17.5. The van der Waals surface area contributed by atoms with Crippen LogP contribution in [0.2, 0.25) is 5.02 Å². The van der Waals surface area contributed by atoms with Crippen LogP contribution in [0.25, 0.3) is 0 Å². The van der Waals surface area contributed by atoms with Crippen molar-refractivity contribution < 1.29 is 13.2 Å². The Morgan fingerprint density at radius 3 is 2.66 bits per heavy atom. The SMILES string of the molecule is O=C1/C(=C/NCc2cccnc2)S(=O)(=O)N(Cc2ccc(Cl)cc2)c2ccsc21. The summed E-state index contributed by atoms with van der Waals surface area (Å²) >= 11 is 7.16. The van der Waals surface area contributed by atoms with Crippen molar-refractivity contribution in [2.75, 3.05) is 4.31 Å². The van der Waals surface area contributed by atoms with Crippen molar-refractivity contribution in [2.24, 2.45) is 0 Å². The first-order chi connectivity index (χ1) is 14.0. The molecule has 0 radical (unpaired) electrons. The summed E-state index contributed by atoms with van der Waals surface area (Å²) in [5.41, 5.74) is 2.05. The normalized spacial score (nSPS) is 16.7. The molecular formula is C20H16ClN3O3S2. The summed E-state index contributed by atoms with van der Waals surface area (Å²) < 4.78 is 27.8. The van der Waals surface area contributed by atoms with Gasteiger partial charge in [0.25, 0.3) is 10.0 Å². The maximum atomic E-state index is 13.3. The highest BCUT2D eigenvalue weighted by molar-refractivity contribution is 7.97. The molecule has 148 valence electrons. The van der Waals surface area contributed by atoms with Crippen molar-refractivity contribution in [2.45, 2.75) is 13.1 Å². The highest BCUT2D eigenvalue weighted by atomic mass is 35.5. The minimum Gasteiger partial charge on any atom is -0.386 e. The number of hydrogen-bond acceptors (Lipinski definition) is 6. The monoisotopic (exact) mass is 445 g/mol. The maximum Gasteiger partial charge on any atom is 0.270 e. The van der Waals surface area contributed by atoms with Crippen LogP contribution < -0.4 is 9.62 Å². The predicted molar refractivity (Wildman–Crippen MR) is 114 cm³/mol. The van der Waals surface area contributed by atoms with Gasteiger partial charge in [-0.1, -0.05) is 29.8 Å². The third kappa shape index (κ3) is 3.91. The number of halogens is 1. The molecule has 0 atom stereocenters. The zero-order valence-electron chi connectivity index (χ0n) is 15.1. The fraction of sp³-hybridized carbons (Fsp3) is 0.100. The highest BCUT2D eigenvalue weighted by Gasteiger charge is 2.41. The lowest BCUT2D eigenvalue weighted by Crippen LogP contribution is -2.38. The van der Waals surface area contributed by atoms with Crippen molar-refractivity contribution in [1.29, 1.82) is 0 Å². The van der Waals surface area contributed by atoms with Gasteiger partial charge in [-0.05, 0) is 40.8 Å². The Hall–Kier alpha value is -2.68. The molecule has 9 heteroatoms. The van der Waals surface area contributed by atoms with Gasteiger partial charge >= 0.3 is 0 Å². The number of pyridine rings is 1. The number of rotatable bonds is 5. The van der Waals surface area contributed by atoms with Gasteiger partial charge in [0.2, 0.25) is 5.78 Å². The molecule has 0 spiro atoms. The van der Waals surface area contributed by atoms with Crippen LogP contribution in [0.4, 0.5) is 5.69 Å². The first-order valence-corrected chi connectivity index (χ1v) is 11.4. The van der Waals surface area contributed by atoms with Crippen LogP contribution in [0.15, 0.2) is 71.3 Å². The smallest absolute Gasteiger partial charge is 0.270 e. The van der Waals surface area contributed by atoms with E-state index in [1.54, 1.807) is 54.2 Å². The molecule has 29 heavy (non-hydrogen) atoms. The summed E-state index contributed by atoms with van der Waals surface area (Å²) in [7, 11) is -4.02. The first kappa shape index (κ1) is 19.6. The molecule has 1 aromatic carbocycles. The van der Waals surface area contributed by atoms with E-state index in [0.29, 0.717) is 22.1 Å². The van der Waals surface area contributed by atoms with E-state index in [2.05, 4.69) is 10.3 Å². The zero-order chi connectivity index (χ0) is 20.4. The standard InChI is InChI=1S/C20H16ClN3O3S2/c21-16-5-3-14(4-6-16)13-24-17-7-9-28-20(17)19(25)18(29(24,26)27)12-23-11-15-2-1-8-22-10-15/h1-10,12,23H,11,13H2/b18-12-. The number of anilines is 1. The number of Topliss-reactive ketones (excluding diaryl/α,β-unsaturated/α-hetero) is 1. The van der Waals surface area contributed by atoms with Crippen LogP contribution in [-0.2, 0) is 23.1 Å². The van der Waals surface area contributed by atoms with Gasteiger partial charge in [-0.15, -0.1) is 11.3 Å². The molecule has 3 heterocycles. The predicted octanol–water partition coefficient (Wildman–Crippen LogP) is 3.96. The molecule has 0 aliphatic carbocycles. The summed E-state index contributed by atoms with van der Waals surface area (Å²) in [5.74, 6) is -0.499. The summed E-state index contributed by atoms with van der Waals surface area (Å²) in [6.45, 7) is 0.463. The van der Waals surface area contributed by atoms with E-state index in [9.17, 15) is 13.2 Å². The number of sulfonamides is 1. The average molecular weight is 446 g/mol. The number of carbonyl (C=O) groups excluding carboxylic acids is 1.